The Morgan fingerprint density at radius 3 is 2.45 bits per heavy atom. The van der Waals surface area contributed by atoms with Gasteiger partial charge >= 0.3 is 0 Å². The van der Waals surface area contributed by atoms with Crippen molar-refractivity contribution in [3.8, 4) is 0 Å². The molecule has 0 aliphatic rings. The number of hydrogen-bond donors (Lipinski definition) is 1. The molecule has 0 amide bonds. The summed E-state index contributed by atoms with van der Waals surface area (Å²) in [5.41, 5.74) is 5.52. The van der Waals surface area contributed by atoms with E-state index in [-0.39, 0.29) is 0 Å². The SMILES string of the molecule is CC(C)CC(CN)CCN=O. The van der Waals surface area contributed by atoms with Crippen LogP contribution in [0.1, 0.15) is 26.7 Å². The standard InChI is InChI=1S/C8H18N2O/c1-7(2)5-8(6-9)3-4-10-11/h7-8H,3-6,9H2,1-2H3. The fourth-order valence-corrected chi connectivity index (χ4v) is 1.23. The fraction of sp³-hybridized carbons (Fsp3) is 1.00. The van der Waals surface area contributed by atoms with Crippen LogP contribution in [0.15, 0.2) is 5.18 Å². The molecule has 0 fully saturated rings. The molecule has 66 valence electrons. The van der Waals surface area contributed by atoms with E-state index in [4.69, 9.17) is 5.73 Å². The van der Waals surface area contributed by atoms with Crippen molar-refractivity contribution in [2.45, 2.75) is 26.7 Å². The summed E-state index contributed by atoms with van der Waals surface area (Å²) in [5, 5.41) is 2.83. The van der Waals surface area contributed by atoms with Crippen molar-refractivity contribution in [2.75, 3.05) is 13.1 Å². The van der Waals surface area contributed by atoms with Crippen LogP contribution in [0.5, 0.6) is 0 Å². The van der Waals surface area contributed by atoms with E-state index in [1.54, 1.807) is 0 Å². The van der Waals surface area contributed by atoms with Crippen LogP contribution in [0.3, 0.4) is 0 Å². The first-order valence-electron chi connectivity index (χ1n) is 4.19. The van der Waals surface area contributed by atoms with Crippen molar-refractivity contribution in [3.63, 3.8) is 0 Å². The average molecular weight is 158 g/mol. The largest absolute Gasteiger partial charge is 0.330 e. The fourth-order valence-electron chi connectivity index (χ4n) is 1.23. The first-order valence-corrected chi connectivity index (χ1v) is 4.19. The van der Waals surface area contributed by atoms with Crippen LogP contribution in [0, 0.1) is 16.7 Å². The summed E-state index contributed by atoms with van der Waals surface area (Å²) < 4.78 is 0. The van der Waals surface area contributed by atoms with Crippen molar-refractivity contribution in [1.29, 1.82) is 0 Å². The maximum Gasteiger partial charge on any atom is 0.0814 e. The van der Waals surface area contributed by atoms with Crippen LogP contribution in [0.25, 0.3) is 0 Å². The first kappa shape index (κ1) is 10.6. The lowest BCUT2D eigenvalue weighted by molar-refractivity contribution is 0.398. The third kappa shape index (κ3) is 5.98. The van der Waals surface area contributed by atoms with Gasteiger partial charge in [0, 0.05) is 0 Å². The third-order valence-electron chi connectivity index (χ3n) is 1.77. The van der Waals surface area contributed by atoms with E-state index >= 15 is 0 Å². The van der Waals surface area contributed by atoms with Gasteiger partial charge in [0.2, 0.25) is 0 Å². The zero-order valence-electron chi connectivity index (χ0n) is 7.42. The number of nitroso groups, excluding NO2 is 1. The summed E-state index contributed by atoms with van der Waals surface area (Å²) in [4.78, 5) is 9.82. The van der Waals surface area contributed by atoms with Gasteiger partial charge in [-0.15, -0.1) is 0 Å². The highest BCUT2D eigenvalue weighted by Crippen LogP contribution is 2.13. The molecule has 0 aromatic rings. The molecule has 0 saturated heterocycles. The molecule has 0 aromatic carbocycles. The van der Waals surface area contributed by atoms with E-state index < -0.39 is 0 Å². The van der Waals surface area contributed by atoms with Gasteiger partial charge in [0.05, 0.1) is 6.54 Å². The minimum atomic E-state index is 0.411. The van der Waals surface area contributed by atoms with E-state index in [1.165, 1.54) is 0 Å². The van der Waals surface area contributed by atoms with Gasteiger partial charge in [0.1, 0.15) is 0 Å². The van der Waals surface area contributed by atoms with Crippen molar-refractivity contribution in [2.24, 2.45) is 22.7 Å². The van der Waals surface area contributed by atoms with Crippen molar-refractivity contribution in [3.05, 3.63) is 4.91 Å². The molecule has 3 nitrogen and oxygen atoms in total. The van der Waals surface area contributed by atoms with Crippen LogP contribution in [-0.4, -0.2) is 13.1 Å². The van der Waals surface area contributed by atoms with Crippen molar-refractivity contribution in [1.82, 2.24) is 0 Å². The molecule has 0 rings (SSSR count). The Bertz CT molecular complexity index is 104. The first-order chi connectivity index (χ1) is 5.20. The van der Waals surface area contributed by atoms with E-state index in [9.17, 15) is 4.91 Å². The molecule has 0 saturated carbocycles. The molecular formula is C8H18N2O. The highest BCUT2D eigenvalue weighted by molar-refractivity contribution is 4.63. The van der Waals surface area contributed by atoms with Crippen LogP contribution in [0.4, 0.5) is 0 Å². The van der Waals surface area contributed by atoms with E-state index in [1.807, 2.05) is 0 Å². The Hall–Kier alpha value is -0.440. The van der Waals surface area contributed by atoms with E-state index in [0.29, 0.717) is 24.9 Å². The molecule has 0 aromatic heterocycles. The molecule has 11 heavy (non-hydrogen) atoms. The second kappa shape index (κ2) is 6.28. The summed E-state index contributed by atoms with van der Waals surface area (Å²) in [6, 6.07) is 0. The van der Waals surface area contributed by atoms with Gasteiger partial charge in [-0.1, -0.05) is 19.0 Å². The molecule has 2 N–H and O–H groups in total. The maximum atomic E-state index is 9.82. The Kier molecular flexibility index (Phi) is 6.03. The number of rotatable bonds is 6. The highest BCUT2D eigenvalue weighted by Gasteiger charge is 2.08. The van der Waals surface area contributed by atoms with E-state index in [0.717, 1.165) is 12.8 Å². The zero-order chi connectivity index (χ0) is 8.69. The lowest BCUT2D eigenvalue weighted by Crippen LogP contribution is -2.17. The monoisotopic (exact) mass is 158 g/mol. The molecule has 0 aliphatic carbocycles. The van der Waals surface area contributed by atoms with Gasteiger partial charge in [0.15, 0.2) is 0 Å². The number of hydrogen-bond acceptors (Lipinski definition) is 3. The van der Waals surface area contributed by atoms with Gasteiger partial charge in [0.25, 0.3) is 0 Å². The molecule has 0 spiro atoms. The Labute approximate surface area is 68.3 Å². The zero-order valence-corrected chi connectivity index (χ0v) is 7.42. The number of nitrogens with two attached hydrogens (primary N) is 1. The molecule has 0 radical (unpaired) electrons. The van der Waals surface area contributed by atoms with Gasteiger partial charge in [-0.3, -0.25) is 0 Å². The molecule has 3 heteroatoms. The summed E-state index contributed by atoms with van der Waals surface area (Å²) >= 11 is 0. The predicted molar refractivity (Wildman–Crippen MR) is 47.3 cm³/mol. The van der Waals surface area contributed by atoms with Crippen molar-refractivity contribution >= 4 is 0 Å². The topological polar surface area (TPSA) is 55.4 Å². The quantitative estimate of drug-likeness (QED) is 0.599. The third-order valence-corrected chi connectivity index (χ3v) is 1.77. The normalized spacial score (nSPS) is 13.5. The second-order valence-corrected chi connectivity index (χ2v) is 3.37. The molecule has 0 bridgehead atoms. The molecule has 1 unspecified atom stereocenters. The summed E-state index contributed by atoms with van der Waals surface area (Å²) in [6.07, 6.45) is 1.95. The van der Waals surface area contributed by atoms with E-state index in [2.05, 4.69) is 19.0 Å². The summed E-state index contributed by atoms with van der Waals surface area (Å²) in [6.45, 7) is 5.41. The van der Waals surface area contributed by atoms with Crippen LogP contribution < -0.4 is 5.73 Å². The minimum absolute atomic E-state index is 0.411. The molecule has 1 atom stereocenters. The Morgan fingerprint density at radius 1 is 1.45 bits per heavy atom. The van der Waals surface area contributed by atoms with Gasteiger partial charge < -0.3 is 5.73 Å². The lowest BCUT2D eigenvalue weighted by atomic mass is 9.94. The summed E-state index contributed by atoms with van der Waals surface area (Å²) in [5.74, 6) is 1.14. The van der Waals surface area contributed by atoms with Gasteiger partial charge in [-0.25, -0.2) is 0 Å². The Balaban J connectivity index is 3.48. The van der Waals surface area contributed by atoms with Crippen LogP contribution in [-0.2, 0) is 0 Å². The highest BCUT2D eigenvalue weighted by atomic mass is 16.3. The maximum absolute atomic E-state index is 9.82. The molecular weight excluding hydrogens is 140 g/mol. The minimum Gasteiger partial charge on any atom is -0.330 e. The lowest BCUT2D eigenvalue weighted by Gasteiger charge is -2.14. The average Bonchev–Trinajstić information content (AvgIpc) is 1.97. The summed E-state index contributed by atoms with van der Waals surface area (Å²) in [7, 11) is 0. The number of nitrogens with zero attached hydrogens (tertiary/aromatic N) is 1. The predicted octanol–water partition coefficient (Wildman–Crippen LogP) is 1.76. The van der Waals surface area contributed by atoms with Crippen LogP contribution >= 0.6 is 0 Å². The Morgan fingerprint density at radius 2 is 2.09 bits per heavy atom. The second-order valence-electron chi connectivity index (χ2n) is 3.37. The van der Waals surface area contributed by atoms with Gasteiger partial charge in [-0.2, -0.15) is 4.91 Å². The molecule has 0 aliphatic heterocycles. The molecule has 0 heterocycles. The van der Waals surface area contributed by atoms with Gasteiger partial charge in [-0.05, 0) is 31.2 Å². The smallest absolute Gasteiger partial charge is 0.0814 e. The van der Waals surface area contributed by atoms with Crippen molar-refractivity contribution < 1.29 is 0 Å². The van der Waals surface area contributed by atoms with Crippen LogP contribution in [0.2, 0.25) is 0 Å².